The molecule has 1 N–H and O–H groups in total. The molecule has 1 fully saturated rings. The van der Waals surface area contributed by atoms with Gasteiger partial charge in [-0.25, -0.2) is 13.2 Å². The van der Waals surface area contributed by atoms with E-state index in [0.29, 0.717) is 0 Å². The first kappa shape index (κ1) is 20.7. The van der Waals surface area contributed by atoms with E-state index in [-0.39, 0.29) is 0 Å². The third-order valence-electron chi connectivity index (χ3n) is 4.20. The number of rotatable bonds is 4. The predicted octanol–water partition coefficient (Wildman–Crippen LogP) is 2.78. The van der Waals surface area contributed by atoms with Gasteiger partial charge < -0.3 is 9.84 Å². The summed E-state index contributed by atoms with van der Waals surface area (Å²) in [5, 5.41) is 9.27. The summed E-state index contributed by atoms with van der Waals surface area (Å²) in [5.41, 5.74) is -1.46. The molecule has 0 saturated heterocycles. The normalized spacial score (nSPS) is 24.4. The maximum atomic E-state index is 12.8. The molecule has 0 heterocycles. The van der Waals surface area contributed by atoms with Crippen LogP contribution in [0.15, 0.2) is 11.0 Å². The third kappa shape index (κ3) is 3.99. The molecule has 138 valence electrons. The molecule has 0 amide bonds. The summed E-state index contributed by atoms with van der Waals surface area (Å²) >= 11 is 0. The zero-order valence-corrected chi connectivity index (χ0v) is 16.4. The molecule has 7 heteroatoms. The summed E-state index contributed by atoms with van der Waals surface area (Å²) in [4.78, 5) is 23.4. The number of carboxylic acid groups (broad SMARTS) is 1. The van der Waals surface area contributed by atoms with Crippen molar-refractivity contribution in [3.05, 3.63) is 11.0 Å². The summed E-state index contributed by atoms with van der Waals surface area (Å²) in [7, 11) is -3.97. The highest BCUT2D eigenvalue weighted by Crippen LogP contribution is 2.59. The van der Waals surface area contributed by atoms with Gasteiger partial charge in [0.25, 0.3) is 0 Å². The number of hydrogen-bond donors (Lipinski definition) is 1. The lowest BCUT2D eigenvalue weighted by molar-refractivity contribution is -0.149. The van der Waals surface area contributed by atoms with Gasteiger partial charge in [0.1, 0.15) is 10.5 Å². The summed E-state index contributed by atoms with van der Waals surface area (Å²) in [5.74, 6) is -3.19. The number of esters is 1. The molecule has 1 saturated carbocycles. The molecule has 1 rings (SSSR count). The SMILES string of the molecule is CC(C)(C)OC(=O)/C(=C\[C@H]1[C@@H](C(=O)O)C1(C)C)S(=O)(=O)C(C)(C)C. The van der Waals surface area contributed by atoms with Crippen LogP contribution in [0.1, 0.15) is 55.4 Å². The van der Waals surface area contributed by atoms with Gasteiger partial charge in [0.15, 0.2) is 9.84 Å². The van der Waals surface area contributed by atoms with E-state index in [1.54, 1.807) is 34.6 Å². The van der Waals surface area contributed by atoms with Crippen molar-refractivity contribution < 1.29 is 27.9 Å². The minimum absolute atomic E-state index is 0.452. The first-order valence-corrected chi connectivity index (χ1v) is 9.34. The standard InChI is InChI=1S/C17H28O6S/c1-15(2,3)23-14(20)11(24(21,22)16(4,5)6)9-10-12(13(18)19)17(10,7)8/h9-10,12H,1-8H3,(H,18,19)/b11-9+/t10-,12-/m0/s1. The fraction of sp³-hybridized carbons (Fsp3) is 0.765. The molecule has 0 aliphatic heterocycles. The first-order chi connectivity index (χ1) is 10.4. The van der Waals surface area contributed by atoms with Crippen molar-refractivity contribution in [2.24, 2.45) is 17.3 Å². The Balaban J connectivity index is 3.40. The van der Waals surface area contributed by atoms with Crippen LogP contribution >= 0.6 is 0 Å². The van der Waals surface area contributed by atoms with E-state index in [2.05, 4.69) is 0 Å². The lowest BCUT2D eigenvalue weighted by Gasteiger charge is -2.24. The third-order valence-corrected chi connectivity index (χ3v) is 6.70. The second-order valence-corrected chi connectivity index (χ2v) is 11.5. The van der Waals surface area contributed by atoms with Crippen LogP contribution in [-0.2, 0) is 24.2 Å². The van der Waals surface area contributed by atoms with Crippen LogP contribution in [0.2, 0.25) is 0 Å². The molecule has 0 unspecified atom stereocenters. The predicted molar refractivity (Wildman–Crippen MR) is 91.0 cm³/mol. The number of allylic oxidation sites excluding steroid dienone is 1. The van der Waals surface area contributed by atoms with Gasteiger partial charge in [0, 0.05) is 0 Å². The average Bonchev–Trinajstić information content (AvgIpc) is 2.83. The van der Waals surface area contributed by atoms with Crippen LogP contribution in [0, 0.1) is 17.3 Å². The molecule has 0 aromatic heterocycles. The van der Waals surface area contributed by atoms with Gasteiger partial charge in [-0.3, -0.25) is 4.79 Å². The summed E-state index contributed by atoms with van der Waals surface area (Å²) < 4.78 is 29.7. The van der Waals surface area contributed by atoms with Gasteiger partial charge >= 0.3 is 11.9 Å². The van der Waals surface area contributed by atoms with Gasteiger partial charge in [-0.05, 0) is 52.9 Å². The van der Waals surface area contributed by atoms with E-state index < -0.39 is 54.3 Å². The second-order valence-electron chi connectivity index (χ2n) is 8.81. The van der Waals surface area contributed by atoms with Crippen molar-refractivity contribution in [1.82, 2.24) is 0 Å². The molecule has 0 aromatic rings. The van der Waals surface area contributed by atoms with E-state index in [1.165, 1.54) is 26.8 Å². The largest absolute Gasteiger partial charge is 0.481 e. The van der Waals surface area contributed by atoms with E-state index in [0.717, 1.165) is 0 Å². The van der Waals surface area contributed by atoms with Crippen LogP contribution in [-0.4, -0.2) is 35.8 Å². The van der Waals surface area contributed by atoms with Gasteiger partial charge in [0.2, 0.25) is 0 Å². The Morgan fingerprint density at radius 2 is 1.54 bits per heavy atom. The first-order valence-electron chi connectivity index (χ1n) is 7.85. The molecule has 0 bridgehead atoms. The lowest BCUT2D eigenvalue weighted by atomic mass is 10.1. The topological polar surface area (TPSA) is 97.7 Å². The van der Waals surface area contributed by atoms with Gasteiger partial charge in [0.05, 0.1) is 10.7 Å². The number of carboxylic acids is 1. The number of carbonyl (C=O) groups excluding carboxylic acids is 1. The van der Waals surface area contributed by atoms with Crippen LogP contribution in [0.3, 0.4) is 0 Å². The van der Waals surface area contributed by atoms with Crippen LogP contribution in [0.4, 0.5) is 0 Å². The molecule has 6 nitrogen and oxygen atoms in total. The Labute approximate surface area is 144 Å². The van der Waals surface area contributed by atoms with Crippen LogP contribution in [0.5, 0.6) is 0 Å². The average molecular weight is 360 g/mol. The molecular weight excluding hydrogens is 332 g/mol. The van der Waals surface area contributed by atoms with E-state index >= 15 is 0 Å². The summed E-state index contributed by atoms with van der Waals surface area (Å²) in [6, 6.07) is 0. The number of hydrogen-bond acceptors (Lipinski definition) is 5. The quantitative estimate of drug-likeness (QED) is 0.611. The van der Waals surface area contributed by atoms with Crippen molar-refractivity contribution in [3.8, 4) is 0 Å². The Hall–Kier alpha value is -1.37. The fourth-order valence-corrected chi connectivity index (χ4v) is 3.80. The molecule has 0 spiro atoms. The Morgan fingerprint density at radius 1 is 1.08 bits per heavy atom. The summed E-state index contributed by atoms with van der Waals surface area (Å²) in [6.45, 7) is 12.9. The highest BCUT2D eigenvalue weighted by molar-refractivity contribution is 7.97. The molecule has 2 atom stereocenters. The minimum atomic E-state index is -3.97. The second kappa shape index (κ2) is 5.86. The van der Waals surface area contributed by atoms with Crippen molar-refractivity contribution in [1.29, 1.82) is 0 Å². The maximum Gasteiger partial charge on any atom is 0.349 e. The van der Waals surface area contributed by atoms with Crippen LogP contribution < -0.4 is 0 Å². The number of carbonyl (C=O) groups is 2. The van der Waals surface area contributed by atoms with E-state index in [4.69, 9.17) is 4.74 Å². The maximum absolute atomic E-state index is 12.8. The van der Waals surface area contributed by atoms with Crippen LogP contribution in [0.25, 0.3) is 0 Å². The summed E-state index contributed by atoms with van der Waals surface area (Å²) in [6.07, 6.45) is 1.27. The Kier molecular flexibility index (Phi) is 5.05. The monoisotopic (exact) mass is 360 g/mol. The van der Waals surface area contributed by atoms with Gasteiger partial charge in [-0.1, -0.05) is 19.9 Å². The van der Waals surface area contributed by atoms with Crippen molar-refractivity contribution in [2.75, 3.05) is 0 Å². The molecule has 24 heavy (non-hydrogen) atoms. The molecule has 1 aliphatic carbocycles. The molecule has 1 aliphatic rings. The van der Waals surface area contributed by atoms with E-state index in [1.807, 2.05) is 0 Å². The molecule has 0 aromatic carbocycles. The number of sulfone groups is 1. The fourth-order valence-electron chi connectivity index (χ4n) is 2.55. The highest BCUT2D eigenvalue weighted by atomic mass is 32.2. The number of ether oxygens (including phenoxy) is 1. The smallest absolute Gasteiger partial charge is 0.349 e. The van der Waals surface area contributed by atoms with Crippen molar-refractivity contribution >= 4 is 21.8 Å². The van der Waals surface area contributed by atoms with Gasteiger partial charge in [-0.15, -0.1) is 0 Å². The molecule has 0 radical (unpaired) electrons. The Morgan fingerprint density at radius 3 is 1.83 bits per heavy atom. The van der Waals surface area contributed by atoms with Gasteiger partial charge in [-0.2, -0.15) is 0 Å². The lowest BCUT2D eigenvalue weighted by Crippen LogP contribution is -2.35. The molecular formula is C17H28O6S. The highest BCUT2D eigenvalue weighted by Gasteiger charge is 2.61. The zero-order valence-electron chi connectivity index (χ0n) is 15.6. The van der Waals surface area contributed by atoms with Crippen molar-refractivity contribution in [3.63, 3.8) is 0 Å². The minimum Gasteiger partial charge on any atom is -0.481 e. The zero-order chi connectivity index (χ0) is 19.3. The number of aliphatic carboxylic acids is 1. The van der Waals surface area contributed by atoms with E-state index in [9.17, 15) is 23.1 Å². The van der Waals surface area contributed by atoms with Crippen molar-refractivity contribution in [2.45, 2.75) is 65.7 Å². The Bertz CT molecular complexity index is 671.